The maximum atomic E-state index is 12.9. The number of piperidine rings is 1. The van der Waals surface area contributed by atoms with E-state index < -0.39 is 0 Å². The molecule has 1 fully saturated rings. The van der Waals surface area contributed by atoms with Crippen molar-refractivity contribution >= 4 is 0 Å². The van der Waals surface area contributed by atoms with Crippen LogP contribution in [0.5, 0.6) is 0 Å². The first-order chi connectivity index (χ1) is 7.70. The number of nitrogens with zero attached hydrogens (tertiary/aromatic N) is 1. The van der Waals surface area contributed by atoms with Crippen LogP contribution in [0.1, 0.15) is 31.4 Å². The van der Waals surface area contributed by atoms with Crippen LogP contribution in [0.15, 0.2) is 24.3 Å². The average Bonchev–Trinajstić information content (AvgIpc) is 2.30. The first-order valence-corrected chi connectivity index (χ1v) is 5.95. The van der Waals surface area contributed by atoms with Crippen molar-refractivity contribution in [2.75, 3.05) is 13.1 Å². The molecule has 0 aromatic heterocycles. The summed E-state index contributed by atoms with van der Waals surface area (Å²) in [6, 6.07) is 7.45. The summed E-state index contributed by atoms with van der Waals surface area (Å²) < 4.78 is 12.9. The summed E-state index contributed by atoms with van der Waals surface area (Å²) in [5.74, 6) is -0.174. The van der Waals surface area contributed by atoms with Crippen LogP contribution in [0.2, 0.25) is 0 Å². The average molecular weight is 222 g/mol. The summed E-state index contributed by atoms with van der Waals surface area (Å²) in [4.78, 5) is 2.41. The Balaban J connectivity index is 2.18. The maximum Gasteiger partial charge on any atom is 0.123 e. The molecular weight excluding hydrogens is 203 g/mol. The van der Waals surface area contributed by atoms with Gasteiger partial charge < -0.3 is 5.73 Å². The van der Waals surface area contributed by atoms with Crippen LogP contribution in [-0.2, 0) is 0 Å². The Kier molecular flexibility index (Phi) is 3.56. The van der Waals surface area contributed by atoms with Crippen LogP contribution in [0.25, 0.3) is 0 Å². The molecule has 2 atom stereocenters. The topological polar surface area (TPSA) is 29.3 Å². The quantitative estimate of drug-likeness (QED) is 0.832. The number of nitrogens with two attached hydrogens (primary N) is 1. The van der Waals surface area contributed by atoms with Gasteiger partial charge >= 0.3 is 0 Å². The van der Waals surface area contributed by atoms with Crippen LogP contribution in [0.4, 0.5) is 4.39 Å². The fraction of sp³-hybridized carbons (Fsp3) is 0.538. The van der Waals surface area contributed by atoms with Crippen LogP contribution < -0.4 is 5.73 Å². The van der Waals surface area contributed by atoms with E-state index in [1.807, 2.05) is 12.1 Å². The van der Waals surface area contributed by atoms with Crippen LogP contribution in [0.3, 0.4) is 0 Å². The van der Waals surface area contributed by atoms with Gasteiger partial charge in [0, 0.05) is 18.6 Å². The third-order valence-electron chi connectivity index (χ3n) is 3.41. The van der Waals surface area contributed by atoms with Crippen molar-refractivity contribution < 1.29 is 4.39 Å². The number of hydrogen-bond donors (Lipinski definition) is 1. The minimum Gasteiger partial charge on any atom is -0.328 e. The van der Waals surface area contributed by atoms with Crippen molar-refractivity contribution in [2.24, 2.45) is 5.73 Å². The van der Waals surface area contributed by atoms with Gasteiger partial charge in [0.25, 0.3) is 0 Å². The standard InChI is InChI=1S/C13H19FN2/c1-2-16-8-7-12(15)9-13(16)10-3-5-11(14)6-4-10/h3-6,12-13H,2,7-9,15H2,1H3. The lowest BCUT2D eigenvalue weighted by Crippen LogP contribution is -2.41. The molecule has 88 valence electrons. The van der Waals surface area contributed by atoms with E-state index in [1.165, 1.54) is 17.7 Å². The molecule has 2 rings (SSSR count). The second-order valence-electron chi connectivity index (χ2n) is 4.48. The van der Waals surface area contributed by atoms with E-state index in [0.29, 0.717) is 6.04 Å². The molecular formula is C13H19FN2. The van der Waals surface area contributed by atoms with Gasteiger partial charge in [-0.2, -0.15) is 0 Å². The van der Waals surface area contributed by atoms with Gasteiger partial charge in [0.1, 0.15) is 5.82 Å². The molecule has 1 aliphatic rings. The van der Waals surface area contributed by atoms with Crippen molar-refractivity contribution in [1.29, 1.82) is 0 Å². The zero-order valence-electron chi connectivity index (χ0n) is 9.70. The number of benzene rings is 1. The Hall–Kier alpha value is -0.930. The highest BCUT2D eigenvalue weighted by Crippen LogP contribution is 2.29. The zero-order chi connectivity index (χ0) is 11.5. The molecule has 2 N–H and O–H groups in total. The molecule has 0 amide bonds. The maximum absolute atomic E-state index is 12.9. The first kappa shape index (κ1) is 11.6. The van der Waals surface area contributed by atoms with Crippen LogP contribution in [0, 0.1) is 5.82 Å². The largest absolute Gasteiger partial charge is 0.328 e. The molecule has 0 spiro atoms. The number of hydrogen-bond acceptors (Lipinski definition) is 2. The van der Waals surface area contributed by atoms with Gasteiger partial charge in [0.2, 0.25) is 0 Å². The molecule has 1 aromatic rings. The highest BCUT2D eigenvalue weighted by Gasteiger charge is 2.26. The van der Waals surface area contributed by atoms with E-state index in [4.69, 9.17) is 5.73 Å². The summed E-state index contributed by atoms with van der Waals surface area (Å²) >= 11 is 0. The Morgan fingerprint density at radius 1 is 1.38 bits per heavy atom. The van der Waals surface area contributed by atoms with Crippen molar-refractivity contribution in [3.8, 4) is 0 Å². The third kappa shape index (κ3) is 2.42. The highest BCUT2D eigenvalue weighted by molar-refractivity contribution is 5.21. The summed E-state index contributed by atoms with van der Waals surface area (Å²) in [5, 5.41) is 0. The molecule has 16 heavy (non-hydrogen) atoms. The fourth-order valence-corrected chi connectivity index (χ4v) is 2.45. The monoisotopic (exact) mass is 222 g/mol. The molecule has 0 radical (unpaired) electrons. The smallest absolute Gasteiger partial charge is 0.123 e. The number of likely N-dealkylation sites (tertiary alicyclic amines) is 1. The Morgan fingerprint density at radius 2 is 2.06 bits per heavy atom. The predicted molar refractivity (Wildman–Crippen MR) is 63.6 cm³/mol. The molecule has 0 bridgehead atoms. The van der Waals surface area contributed by atoms with Gasteiger partial charge in [0.05, 0.1) is 0 Å². The van der Waals surface area contributed by atoms with E-state index in [2.05, 4.69) is 11.8 Å². The summed E-state index contributed by atoms with van der Waals surface area (Å²) in [6.45, 7) is 4.22. The van der Waals surface area contributed by atoms with Gasteiger partial charge in [-0.1, -0.05) is 19.1 Å². The van der Waals surface area contributed by atoms with E-state index in [0.717, 1.165) is 25.9 Å². The van der Waals surface area contributed by atoms with Gasteiger partial charge in [-0.15, -0.1) is 0 Å². The minimum atomic E-state index is -0.174. The molecule has 1 heterocycles. The van der Waals surface area contributed by atoms with Crippen molar-refractivity contribution in [3.05, 3.63) is 35.6 Å². The normalized spacial score (nSPS) is 26.9. The second kappa shape index (κ2) is 4.93. The summed E-state index contributed by atoms with van der Waals surface area (Å²) in [5.41, 5.74) is 7.19. The van der Waals surface area contributed by atoms with Gasteiger partial charge in [0.15, 0.2) is 0 Å². The van der Waals surface area contributed by atoms with Crippen molar-refractivity contribution in [2.45, 2.75) is 31.8 Å². The Labute approximate surface area is 96.2 Å². The molecule has 2 nitrogen and oxygen atoms in total. The zero-order valence-corrected chi connectivity index (χ0v) is 9.70. The molecule has 3 heteroatoms. The third-order valence-corrected chi connectivity index (χ3v) is 3.41. The first-order valence-electron chi connectivity index (χ1n) is 5.95. The van der Waals surface area contributed by atoms with Gasteiger partial charge in [-0.3, -0.25) is 4.90 Å². The second-order valence-corrected chi connectivity index (χ2v) is 4.48. The van der Waals surface area contributed by atoms with E-state index in [9.17, 15) is 4.39 Å². The van der Waals surface area contributed by atoms with Gasteiger partial charge in [-0.25, -0.2) is 4.39 Å². The van der Waals surface area contributed by atoms with E-state index in [1.54, 1.807) is 0 Å². The van der Waals surface area contributed by atoms with E-state index >= 15 is 0 Å². The lowest BCUT2D eigenvalue weighted by molar-refractivity contribution is 0.143. The molecule has 2 unspecified atom stereocenters. The lowest BCUT2D eigenvalue weighted by Gasteiger charge is -2.38. The Bertz CT molecular complexity index is 336. The molecule has 0 aliphatic carbocycles. The fourth-order valence-electron chi connectivity index (χ4n) is 2.45. The highest BCUT2D eigenvalue weighted by atomic mass is 19.1. The minimum absolute atomic E-state index is 0.174. The van der Waals surface area contributed by atoms with Crippen LogP contribution >= 0.6 is 0 Å². The van der Waals surface area contributed by atoms with Crippen molar-refractivity contribution in [3.63, 3.8) is 0 Å². The summed E-state index contributed by atoms with van der Waals surface area (Å²) in [7, 11) is 0. The van der Waals surface area contributed by atoms with Gasteiger partial charge in [-0.05, 0) is 37.1 Å². The van der Waals surface area contributed by atoms with Crippen LogP contribution in [-0.4, -0.2) is 24.0 Å². The molecule has 1 aromatic carbocycles. The Morgan fingerprint density at radius 3 is 2.69 bits per heavy atom. The lowest BCUT2D eigenvalue weighted by atomic mass is 9.92. The molecule has 1 saturated heterocycles. The molecule has 1 aliphatic heterocycles. The van der Waals surface area contributed by atoms with E-state index in [-0.39, 0.29) is 11.9 Å². The van der Waals surface area contributed by atoms with Crippen molar-refractivity contribution in [1.82, 2.24) is 4.90 Å². The number of halogens is 1. The molecule has 0 saturated carbocycles. The summed E-state index contributed by atoms with van der Waals surface area (Å²) in [6.07, 6.45) is 2.03. The predicted octanol–water partition coefficient (Wildman–Crippen LogP) is 2.31. The SMILES string of the molecule is CCN1CCC(N)CC1c1ccc(F)cc1. The number of rotatable bonds is 2.